The summed E-state index contributed by atoms with van der Waals surface area (Å²) in [5.41, 5.74) is 11.4. The normalized spacial score (nSPS) is 10.7. The number of hydrogen-bond acceptors (Lipinski definition) is 6. The molecule has 0 saturated heterocycles. The summed E-state index contributed by atoms with van der Waals surface area (Å²) in [6, 6.07) is 15.7. The molecule has 2 N–H and O–H groups in total. The Morgan fingerprint density at radius 2 is 1.77 bits per heavy atom. The summed E-state index contributed by atoms with van der Waals surface area (Å²) < 4.78 is 0. The van der Waals surface area contributed by atoms with E-state index in [0.29, 0.717) is 5.69 Å². The molecule has 1 aromatic carbocycles. The van der Waals surface area contributed by atoms with Crippen LogP contribution in [0.1, 0.15) is 35.0 Å². The number of nitrogen functional groups attached to an aromatic ring is 1. The van der Waals surface area contributed by atoms with Gasteiger partial charge < -0.3 is 5.73 Å². The van der Waals surface area contributed by atoms with Crippen molar-refractivity contribution in [2.45, 2.75) is 26.2 Å². The number of benzene rings is 1. The van der Waals surface area contributed by atoms with Crippen LogP contribution in [0.5, 0.6) is 0 Å². The largest absolute Gasteiger partial charge is 0.382 e. The van der Waals surface area contributed by atoms with Crippen LogP contribution in [0.4, 0.5) is 5.82 Å². The zero-order valence-corrected chi connectivity index (χ0v) is 17.3. The molecule has 0 aliphatic carbocycles. The number of aromatic nitrogens is 4. The predicted octanol–water partition coefficient (Wildman–Crippen LogP) is 4.56. The molecule has 0 aliphatic rings. The average Bonchev–Trinajstić information content (AvgIpc) is 2.81. The molecule has 4 rings (SSSR count). The number of pyridine rings is 2. The summed E-state index contributed by atoms with van der Waals surface area (Å²) in [7, 11) is 0. The van der Waals surface area contributed by atoms with Crippen molar-refractivity contribution in [1.29, 1.82) is 0 Å². The molecule has 0 bridgehead atoms. The monoisotopic (exact) mass is 409 g/mol. The highest BCUT2D eigenvalue weighted by atomic mass is 16.1. The Morgan fingerprint density at radius 1 is 0.935 bits per heavy atom. The van der Waals surface area contributed by atoms with Crippen LogP contribution in [0.2, 0.25) is 0 Å². The van der Waals surface area contributed by atoms with Crippen LogP contribution >= 0.6 is 0 Å². The molecule has 0 atom stereocenters. The summed E-state index contributed by atoms with van der Waals surface area (Å²) >= 11 is 0. The molecular formula is C25H23N5O. The molecule has 154 valence electrons. The smallest absolute Gasteiger partial charge is 0.189 e. The SMILES string of the molecule is CCCc1ccc(-c2cnc(N)c(C(=O)Cc3cnccc3-c3ccccn3)n2)cc1. The van der Waals surface area contributed by atoms with Crippen LogP contribution < -0.4 is 5.73 Å². The molecule has 6 nitrogen and oxygen atoms in total. The van der Waals surface area contributed by atoms with E-state index in [0.717, 1.165) is 35.2 Å². The Hall–Kier alpha value is -3.93. The fraction of sp³-hybridized carbons (Fsp3) is 0.160. The number of carbonyl (C=O) groups excluding carboxylic acids is 1. The van der Waals surface area contributed by atoms with Gasteiger partial charge in [-0.25, -0.2) is 9.97 Å². The van der Waals surface area contributed by atoms with Crippen LogP contribution in [-0.2, 0) is 12.8 Å². The molecule has 4 aromatic rings. The van der Waals surface area contributed by atoms with E-state index < -0.39 is 0 Å². The molecule has 3 heterocycles. The first-order chi connectivity index (χ1) is 15.2. The third-order valence-electron chi connectivity index (χ3n) is 5.05. The maximum Gasteiger partial charge on any atom is 0.189 e. The van der Waals surface area contributed by atoms with Crippen LogP contribution in [0.25, 0.3) is 22.5 Å². The highest BCUT2D eigenvalue weighted by Gasteiger charge is 2.18. The molecule has 31 heavy (non-hydrogen) atoms. The summed E-state index contributed by atoms with van der Waals surface area (Å²) in [5, 5.41) is 0. The number of rotatable bonds is 7. The topological polar surface area (TPSA) is 94.7 Å². The third-order valence-corrected chi connectivity index (χ3v) is 5.05. The number of nitrogens with zero attached hydrogens (tertiary/aromatic N) is 4. The number of anilines is 1. The van der Waals surface area contributed by atoms with Gasteiger partial charge in [0.25, 0.3) is 0 Å². The first-order valence-corrected chi connectivity index (χ1v) is 10.2. The van der Waals surface area contributed by atoms with E-state index in [1.165, 1.54) is 5.56 Å². The maximum atomic E-state index is 13.1. The molecule has 0 aliphatic heterocycles. The van der Waals surface area contributed by atoms with Crippen molar-refractivity contribution >= 4 is 11.6 Å². The van der Waals surface area contributed by atoms with E-state index in [1.54, 1.807) is 24.8 Å². The summed E-state index contributed by atoms with van der Waals surface area (Å²) in [6.07, 6.45) is 8.93. The number of aryl methyl sites for hydroxylation is 1. The molecule has 0 saturated carbocycles. The number of ketones is 1. The van der Waals surface area contributed by atoms with E-state index in [-0.39, 0.29) is 23.7 Å². The molecule has 0 unspecified atom stereocenters. The van der Waals surface area contributed by atoms with E-state index in [1.807, 2.05) is 36.4 Å². The first-order valence-electron chi connectivity index (χ1n) is 10.2. The molecule has 0 radical (unpaired) electrons. The molecule has 6 heteroatoms. The lowest BCUT2D eigenvalue weighted by Crippen LogP contribution is -2.12. The van der Waals surface area contributed by atoms with Gasteiger partial charge in [0.1, 0.15) is 5.69 Å². The lowest BCUT2D eigenvalue weighted by atomic mass is 10.0. The van der Waals surface area contributed by atoms with Crippen LogP contribution in [0, 0.1) is 0 Å². The summed E-state index contributed by atoms with van der Waals surface area (Å²) in [4.78, 5) is 30.4. The number of carbonyl (C=O) groups is 1. The van der Waals surface area contributed by atoms with Gasteiger partial charge in [-0.05, 0) is 35.7 Å². The number of hydrogen-bond donors (Lipinski definition) is 1. The van der Waals surface area contributed by atoms with E-state index in [9.17, 15) is 4.79 Å². The van der Waals surface area contributed by atoms with Crippen molar-refractivity contribution in [2.75, 3.05) is 5.73 Å². The van der Waals surface area contributed by atoms with Gasteiger partial charge in [0, 0.05) is 36.1 Å². The van der Waals surface area contributed by atoms with E-state index >= 15 is 0 Å². The molecule has 0 spiro atoms. The van der Waals surface area contributed by atoms with Gasteiger partial charge in [-0.15, -0.1) is 0 Å². The zero-order valence-electron chi connectivity index (χ0n) is 17.3. The quantitative estimate of drug-likeness (QED) is 0.450. The minimum Gasteiger partial charge on any atom is -0.382 e. The first kappa shape index (κ1) is 20.3. The van der Waals surface area contributed by atoms with E-state index in [4.69, 9.17) is 5.73 Å². The van der Waals surface area contributed by atoms with Crippen LogP contribution in [-0.4, -0.2) is 25.7 Å². The Morgan fingerprint density at radius 3 is 2.52 bits per heavy atom. The second-order valence-corrected chi connectivity index (χ2v) is 7.28. The van der Waals surface area contributed by atoms with Crippen molar-refractivity contribution in [2.24, 2.45) is 0 Å². The van der Waals surface area contributed by atoms with Gasteiger partial charge >= 0.3 is 0 Å². The molecular weight excluding hydrogens is 386 g/mol. The van der Waals surface area contributed by atoms with Crippen molar-refractivity contribution in [3.8, 4) is 22.5 Å². The molecule has 3 aromatic heterocycles. The van der Waals surface area contributed by atoms with Gasteiger partial charge in [-0.2, -0.15) is 0 Å². The Balaban J connectivity index is 1.62. The summed E-state index contributed by atoms with van der Waals surface area (Å²) in [5.74, 6) is -0.0840. The van der Waals surface area contributed by atoms with Crippen LogP contribution in [0.15, 0.2) is 73.3 Å². The lowest BCUT2D eigenvalue weighted by Gasteiger charge is -2.10. The average molecular weight is 409 g/mol. The third kappa shape index (κ3) is 4.64. The standard InChI is InChI=1S/C25H23N5O/c1-2-5-17-7-9-18(10-8-17)22-16-29-25(26)24(30-22)23(31)14-19-15-27-13-11-20(19)21-6-3-4-12-28-21/h3-4,6-13,15-16H,2,5,14H2,1H3,(H2,26,29). The molecule has 0 amide bonds. The minimum absolute atomic E-state index is 0.109. The number of nitrogens with two attached hydrogens (primary N) is 1. The minimum atomic E-state index is -0.209. The molecule has 0 fully saturated rings. The second-order valence-electron chi connectivity index (χ2n) is 7.28. The number of Topliss-reactive ketones (excluding diaryl/α,β-unsaturated/α-hetero) is 1. The van der Waals surface area contributed by atoms with Crippen molar-refractivity contribution < 1.29 is 4.79 Å². The van der Waals surface area contributed by atoms with Crippen LogP contribution in [0.3, 0.4) is 0 Å². The highest BCUT2D eigenvalue weighted by molar-refractivity contribution is 6.00. The second kappa shape index (κ2) is 9.26. The van der Waals surface area contributed by atoms with Gasteiger partial charge in [0.15, 0.2) is 11.6 Å². The highest BCUT2D eigenvalue weighted by Crippen LogP contribution is 2.24. The summed E-state index contributed by atoms with van der Waals surface area (Å²) in [6.45, 7) is 2.15. The maximum absolute atomic E-state index is 13.1. The van der Waals surface area contributed by atoms with Crippen molar-refractivity contribution in [3.63, 3.8) is 0 Å². The lowest BCUT2D eigenvalue weighted by molar-refractivity contribution is 0.0989. The fourth-order valence-corrected chi connectivity index (χ4v) is 3.47. The zero-order chi connectivity index (χ0) is 21.6. The van der Waals surface area contributed by atoms with Crippen molar-refractivity contribution in [1.82, 2.24) is 19.9 Å². The van der Waals surface area contributed by atoms with Gasteiger partial charge in [-0.1, -0.05) is 43.7 Å². The van der Waals surface area contributed by atoms with Crippen molar-refractivity contribution in [3.05, 3.63) is 90.1 Å². The Labute approximate surface area is 181 Å². The van der Waals surface area contributed by atoms with Gasteiger partial charge in [0.05, 0.1) is 17.6 Å². The Bertz CT molecular complexity index is 1190. The van der Waals surface area contributed by atoms with Gasteiger partial charge in [-0.3, -0.25) is 14.8 Å². The fourth-order valence-electron chi connectivity index (χ4n) is 3.47. The Kier molecular flexibility index (Phi) is 6.08. The van der Waals surface area contributed by atoms with Gasteiger partial charge in [0.2, 0.25) is 0 Å². The van der Waals surface area contributed by atoms with E-state index in [2.05, 4.69) is 39.0 Å². The predicted molar refractivity (Wildman–Crippen MR) is 121 cm³/mol.